The van der Waals surface area contributed by atoms with Crippen LogP contribution in [-0.4, -0.2) is 44.4 Å². The molecule has 0 saturated heterocycles. The number of methoxy groups -OCH3 is 1. The van der Waals surface area contributed by atoms with Gasteiger partial charge in [0, 0.05) is 32.8 Å². The molecule has 2 rings (SSSR count). The first-order valence-electron chi connectivity index (χ1n) is 7.48. The molecule has 4 nitrogen and oxygen atoms in total. The Bertz CT molecular complexity index is 394. The molecule has 2 N–H and O–H groups in total. The molecular weight excluding hydrogens is 252 g/mol. The summed E-state index contributed by atoms with van der Waals surface area (Å²) in [5, 5.41) is 0. The maximum absolute atomic E-state index is 5.79. The van der Waals surface area contributed by atoms with Gasteiger partial charge < -0.3 is 15.2 Å². The van der Waals surface area contributed by atoms with Gasteiger partial charge in [-0.25, -0.2) is 0 Å². The van der Waals surface area contributed by atoms with Gasteiger partial charge >= 0.3 is 0 Å². The van der Waals surface area contributed by atoms with Crippen molar-refractivity contribution in [1.82, 2.24) is 4.90 Å². The maximum Gasteiger partial charge on any atom is 0.119 e. The minimum absolute atomic E-state index is 0.559. The summed E-state index contributed by atoms with van der Waals surface area (Å²) in [6.45, 7) is 4.25. The minimum atomic E-state index is 0.559. The van der Waals surface area contributed by atoms with Gasteiger partial charge in [0.2, 0.25) is 0 Å². The monoisotopic (exact) mass is 278 g/mol. The third-order valence-corrected chi connectivity index (χ3v) is 3.64. The highest BCUT2D eigenvalue weighted by Crippen LogP contribution is 2.26. The second-order valence-electron chi connectivity index (χ2n) is 5.31. The predicted octanol–water partition coefficient (Wildman–Crippen LogP) is 2.02. The number of ether oxygens (including phenoxy) is 2. The van der Waals surface area contributed by atoms with E-state index < -0.39 is 0 Å². The van der Waals surface area contributed by atoms with Gasteiger partial charge in [0.25, 0.3) is 0 Å². The Labute approximate surface area is 121 Å². The van der Waals surface area contributed by atoms with Crippen LogP contribution in [0.4, 0.5) is 0 Å². The molecule has 1 aliphatic rings. The molecule has 1 saturated carbocycles. The van der Waals surface area contributed by atoms with Gasteiger partial charge in [-0.15, -0.1) is 0 Å². The Balaban J connectivity index is 1.66. The summed E-state index contributed by atoms with van der Waals surface area (Å²) in [6, 6.07) is 8.80. The van der Waals surface area contributed by atoms with Crippen molar-refractivity contribution < 1.29 is 9.47 Å². The molecule has 0 spiro atoms. The summed E-state index contributed by atoms with van der Waals surface area (Å²) in [7, 11) is 1.76. The number of hydrogen-bond donors (Lipinski definition) is 1. The first-order chi connectivity index (χ1) is 9.83. The van der Waals surface area contributed by atoms with Crippen LogP contribution in [0, 0.1) is 0 Å². The average Bonchev–Trinajstić information content (AvgIpc) is 3.31. The molecule has 0 bridgehead atoms. The van der Waals surface area contributed by atoms with E-state index in [2.05, 4.69) is 4.90 Å². The third kappa shape index (κ3) is 5.12. The van der Waals surface area contributed by atoms with E-state index in [9.17, 15) is 0 Å². The highest BCUT2D eigenvalue weighted by Gasteiger charge is 2.27. The normalized spacial score (nSPS) is 14.8. The summed E-state index contributed by atoms with van der Waals surface area (Å²) in [5.41, 5.74) is 6.74. The van der Waals surface area contributed by atoms with Crippen LogP contribution < -0.4 is 10.5 Å². The van der Waals surface area contributed by atoms with Crippen LogP contribution in [0.1, 0.15) is 24.8 Å². The van der Waals surface area contributed by atoms with E-state index in [1.54, 1.807) is 7.11 Å². The SMILES string of the molecule is COCCN(CCCOc1cccc(CN)c1)C1CC1. The molecule has 1 aromatic rings. The summed E-state index contributed by atoms with van der Waals surface area (Å²) >= 11 is 0. The lowest BCUT2D eigenvalue weighted by Gasteiger charge is -2.21. The number of nitrogens with two attached hydrogens (primary N) is 1. The van der Waals surface area contributed by atoms with Crippen molar-refractivity contribution in [3.63, 3.8) is 0 Å². The number of nitrogens with zero attached hydrogens (tertiary/aromatic N) is 1. The Morgan fingerprint density at radius 3 is 2.80 bits per heavy atom. The lowest BCUT2D eigenvalue weighted by Crippen LogP contribution is -2.31. The fourth-order valence-corrected chi connectivity index (χ4v) is 2.35. The van der Waals surface area contributed by atoms with Crippen LogP contribution in [0.3, 0.4) is 0 Å². The van der Waals surface area contributed by atoms with E-state index in [-0.39, 0.29) is 0 Å². The van der Waals surface area contributed by atoms with E-state index in [1.165, 1.54) is 12.8 Å². The van der Waals surface area contributed by atoms with Gasteiger partial charge in [-0.2, -0.15) is 0 Å². The minimum Gasteiger partial charge on any atom is -0.494 e. The Hall–Kier alpha value is -1.10. The molecule has 0 atom stereocenters. The first-order valence-corrected chi connectivity index (χ1v) is 7.48. The Morgan fingerprint density at radius 1 is 1.25 bits per heavy atom. The van der Waals surface area contributed by atoms with Gasteiger partial charge in [-0.3, -0.25) is 4.90 Å². The average molecular weight is 278 g/mol. The molecule has 20 heavy (non-hydrogen) atoms. The Morgan fingerprint density at radius 2 is 2.10 bits per heavy atom. The smallest absolute Gasteiger partial charge is 0.119 e. The second-order valence-corrected chi connectivity index (χ2v) is 5.31. The van der Waals surface area contributed by atoms with Crippen LogP contribution in [0.5, 0.6) is 5.75 Å². The third-order valence-electron chi connectivity index (χ3n) is 3.64. The summed E-state index contributed by atoms with van der Waals surface area (Å²) in [4.78, 5) is 2.52. The van der Waals surface area contributed by atoms with Gasteiger partial charge in [0.1, 0.15) is 5.75 Å². The zero-order valence-corrected chi connectivity index (χ0v) is 12.4. The van der Waals surface area contributed by atoms with Crippen molar-refractivity contribution in [3.05, 3.63) is 29.8 Å². The van der Waals surface area contributed by atoms with Crippen molar-refractivity contribution in [3.8, 4) is 5.75 Å². The van der Waals surface area contributed by atoms with Gasteiger partial charge in [-0.1, -0.05) is 12.1 Å². The van der Waals surface area contributed by atoms with Gasteiger partial charge in [0.15, 0.2) is 0 Å². The molecular formula is C16H26N2O2. The molecule has 0 aromatic heterocycles. The van der Waals surface area contributed by atoms with E-state index in [4.69, 9.17) is 15.2 Å². The van der Waals surface area contributed by atoms with Crippen LogP contribution in [0.25, 0.3) is 0 Å². The second kappa shape index (κ2) is 8.25. The largest absolute Gasteiger partial charge is 0.494 e. The topological polar surface area (TPSA) is 47.7 Å². The lowest BCUT2D eigenvalue weighted by atomic mass is 10.2. The van der Waals surface area contributed by atoms with Crippen molar-refractivity contribution in [2.45, 2.75) is 31.8 Å². The van der Waals surface area contributed by atoms with Crippen molar-refractivity contribution >= 4 is 0 Å². The highest BCUT2D eigenvalue weighted by atomic mass is 16.5. The summed E-state index contributed by atoms with van der Waals surface area (Å²) < 4.78 is 11.0. The van der Waals surface area contributed by atoms with E-state index in [0.29, 0.717) is 6.54 Å². The quantitative estimate of drug-likeness (QED) is 0.665. The fraction of sp³-hybridized carbons (Fsp3) is 0.625. The first kappa shape index (κ1) is 15.3. The molecule has 112 valence electrons. The zero-order chi connectivity index (χ0) is 14.2. The van der Waals surface area contributed by atoms with Crippen molar-refractivity contribution in [1.29, 1.82) is 0 Å². The molecule has 1 fully saturated rings. The number of benzene rings is 1. The molecule has 0 heterocycles. The molecule has 0 amide bonds. The van der Waals surface area contributed by atoms with E-state index >= 15 is 0 Å². The highest BCUT2D eigenvalue weighted by molar-refractivity contribution is 5.28. The van der Waals surface area contributed by atoms with Crippen LogP contribution in [0.15, 0.2) is 24.3 Å². The van der Waals surface area contributed by atoms with Crippen molar-refractivity contribution in [2.24, 2.45) is 5.73 Å². The Kier molecular flexibility index (Phi) is 6.30. The molecule has 4 heteroatoms. The number of rotatable bonds is 10. The van der Waals surface area contributed by atoms with Gasteiger partial charge in [-0.05, 0) is 37.0 Å². The summed E-state index contributed by atoms with van der Waals surface area (Å²) in [6.07, 6.45) is 3.72. The van der Waals surface area contributed by atoms with E-state index in [1.807, 2.05) is 24.3 Å². The molecule has 0 radical (unpaired) electrons. The van der Waals surface area contributed by atoms with E-state index in [0.717, 1.165) is 50.1 Å². The zero-order valence-electron chi connectivity index (χ0n) is 12.4. The van der Waals surface area contributed by atoms with Crippen LogP contribution >= 0.6 is 0 Å². The molecule has 1 aliphatic carbocycles. The predicted molar refractivity (Wildman–Crippen MR) is 80.9 cm³/mol. The van der Waals surface area contributed by atoms with Crippen LogP contribution in [-0.2, 0) is 11.3 Å². The lowest BCUT2D eigenvalue weighted by molar-refractivity contribution is 0.138. The molecule has 0 unspecified atom stereocenters. The molecule has 1 aromatic carbocycles. The fourth-order valence-electron chi connectivity index (χ4n) is 2.35. The summed E-state index contributed by atoms with van der Waals surface area (Å²) in [5.74, 6) is 0.919. The maximum atomic E-state index is 5.79. The number of hydrogen-bond acceptors (Lipinski definition) is 4. The van der Waals surface area contributed by atoms with Crippen molar-refractivity contribution in [2.75, 3.05) is 33.4 Å². The molecule has 0 aliphatic heterocycles. The standard InChI is InChI=1S/C16H26N2O2/c1-19-11-9-18(15-6-7-15)8-3-10-20-16-5-2-4-14(12-16)13-17/h2,4-5,12,15H,3,6-11,13,17H2,1H3. The van der Waals surface area contributed by atoms with Crippen LogP contribution in [0.2, 0.25) is 0 Å². The van der Waals surface area contributed by atoms with Gasteiger partial charge in [0.05, 0.1) is 13.2 Å².